The summed E-state index contributed by atoms with van der Waals surface area (Å²) < 4.78 is 77.4. The minimum Gasteiger partial charge on any atom is -0.479 e. The van der Waals surface area contributed by atoms with Crippen molar-refractivity contribution in [2.75, 3.05) is 18.1 Å². The van der Waals surface area contributed by atoms with Gasteiger partial charge in [0, 0.05) is 35.8 Å². The van der Waals surface area contributed by atoms with Crippen molar-refractivity contribution in [3.8, 4) is 28.6 Å². The van der Waals surface area contributed by atoms with E-state index in [1.807, 2.05) is 39.0 Å². The van der Waals surface area contributed by atoms with Crippen molar-refractivity contribution in [2.24, 2.45) is 12.5 Å². The van der Waals surface area contributed by atoms with E-state index in [0.717, 1.165) is 5.56 Å². The second kappa shape index (κ2) is 14.3. The molecule has 0 radical (unpaired) electrons. The Morgan fingerprint density at radius 1 is 1.08 bits per heavy atom. The fourth-order valence-corrected chi connectivity index (χ4v) is 9.01. The van der Waals surface area contributed by atoms with Gasteiger partial charge in [0.1, 0.15) is 17.3 Å². The molecule has 276 valence electrons. The van der Waals surface area contributed by atoms with Gasteiger partial charge in [-0.2, -0.15) is 5.10 Å². The summed E-state index contributed by atoms with van der Waals surface area (Å²) in [5.74, 6) is -0.909. The fourth-order valence-electron chi connectivity index (χ4n) is 7.02. The molecule has 10 nitrogen and oxygen atoms in total. The number of aromatic nitrogens is 4. The second-order valence-electron chi connectivity index (χ2n) is 14.5. The normalized spacial score (nSPS) is 19.5. The summed E-state index contributed by atoms with van der Waals surface area (Å²) in [4.78, 5) is 20.2. The minimum atomic E-state index is -3.61. The molecule has 1 aliphatic heterocycles. The van der Waals surface area contributed by atoms with Crippen molar-refractivity contribution in [1.29, 1.82) is 0 Å². The number of ether oxygens (including phenoxy) is 3. The molecule has 0 fully saturated rings. The van der Waals surface area contributed by atoms with Crippen molar-refractivity contribution in [3.05, 3.63) is 89.4 Å². The van der Waals surface area contributed by atoms with E-state index in [4.69, 9.17) is 24.3 Å². The van der Waals surface area contributed by atoms with E-state index < -0.39 is 44.4 Å². The molecule has 4 bridgehead atoms. The van der Waals surface area contributed by atoms with Crippen LogP contribution in [0.25, 0.3) is 22.3 Å². The van der Waals surface area contributed by atoms with Crippen molar-refractivity contribution < 1.29 is 36.2 Å². The third-order valence-electron chi connectivity index (χ3n) is 9.73. The minimum absolute atomic E-state index is 0.0197. The van der Waals surface area contributed by atoms with E-state index in [0.29, 0.717) is 47.3 Å². The van der Waals surface area contributed by atoms with E-state index >= 15 is 8.78 Å². The lowest BCUT2D eigenvalue weighted by atomic mass is 9.75. The Kier molecular flexibility index (Phi) is 10.2. The van der Waals surface area contributed by atoms with Gasteiger partial charge in [0.05, 0.1) is 29.1 Å². The van der Waals surface area contributed by atoms with E-state index in [2.05, 4.69) is 4.98 Å². The molecule has 1 aliphatic rings. The lowest BCUT2D eigenvalue weighted by Crippen LogP contribution is -2.29. The number of hydrogen-bond donors (Lipinski definition) is 1. The van der Waals surface area contributed by atoms with Crippen LogP contribution in [-0.2, 0) is 38.3 Å². The van der Waals surface area contributed by atoms with Gasteiger partial charge >= 0.3 is 5.97 Å². The van der Waals surface area contributed by atoms with Crippen LogP contribution in [0.4, 0.5) is 8.78 Å². The molecule has 52 heavy (non-hydrogen) atoms. The highest BCUT2D eigenvalue weighted by Gasteiger charge is 2.36. The van der Waals surface area contributed by atoms with E-state index in [1.54, 1.807) is 39.2 Å². The Hall–Kier alpha value is -4.78. The smallest absolute Gasteiger partial charge is 0.347 e. The zero-order valence-electron chi connectivity index (χ0n) is 30.3. The number of halogens is 2. The van der Waals surface area contributed by atoms with Crippen LogP contribution in [0.1, 0.15) is 70.8 Å². The highest BCUT2D eigenvalue weighted by atomic mass is 32.2. The molecule has 0 spiro atoms. The number of aromatic amines is 1. The number of rotatable bonds is 5. The Morgan fingerprint density at radius 3 is 2.63 bits per heavy atom. The maximum atomic E-state index is 15.7. The summed E-state index contributed by atoms with van der Waals surface area (Å²) in [5, 5.41) is 5.44. The molecule has 0 saturated heterocycles. The van der Waals surface area contributed by atoms with Crippen molar-refractivity contribution in [3.63, 3.8) is 0 Å². The third-order valence-corrected chi connectivity index (χ3v) is 11.8. The lowest BCUT2D eigenvalue weighted by Gasteiger charge is -2.30. The van der Waals surface area contributed by atoms with Crippen molar-refractivity contribution in [2.45, 2.75) is 71.8 Å². The molecule has 0 aliphatic carbocycles. The number of benzene rings is 3. The number of nitrogens with one attached hydrogen (secondary N) is 1. The quantitative estimate of drug-likeness (QED) is 0.181. The molecule has 0 amide bonds. The van der Waals surface area contributed by atoms with Gasteiger partial charge in [-0.25, -0.2) is 31.7 Å². The Balaban J connectivity index is 1.47. The summed E-state index contributed by atoms with van der Waals surface area (Å²) in [6, 6.07) is 14.4. The van der Waals surface area contributed by atoms with Gasteiger partial charge < -0.3 is 19.2 Å². The molecular weight excluding hydrogens is 691 g/mol. The van der Waals surface area contributed by atoms with Crippen molar-refractivity contribution >= 4 is 26.7 Å². The first-order chi connectivity index (χ1) is 24.6. The number of carbonyl (C=O) groups excluding carboxylic acids is 1. The van der Waals surface area contributed by atoms with Gasteiger partial charge in [0.2, 0.25) is 0 Å². The summed E-state index contributed by atoms with van der Waals surface area (Å²) in [6.07, 6.45) is 2.52. The van der Waals surface area contributed by atoms with Gasteiger partial charge in [-0.1, -0.05) is 32.4 Å². The van der Waals surface area contributed by atoms with Crippen LogP contribution in [0.3, 0.4) is 0 Å². The van der Waals surface area contributed by atoms with Crippen LogP contribution in [0, 0.1) is 17.0 Å². The van der Waals surface area contributed by atoms with Crippen LogP contribution in [0.2, 0.25) is 0 Å². The van der Waals surface area contributed by atoms with E-state index in [1.165, 1.54) is 28.9 Å². The molecule has 1 N–H and O–H groups in total. The average Bonchev–Trinajstić information content (AvgIpc) is 3.71. The predicted octanol–water partition coefficient (Wildman–Crippen LogP) is 7.84. The molecule has 3 aromatic carbocycles. The number of hydrogen-bond acceptors (Lipinski definition) is 8. The van der Waals surface area contributed by atoms with Crippen LogP contribution < -0.4 is 9.47 Å². The number of fused-ring (bicyclic) bond motifs is 8. The molecule has 2 aromatic heterocycles. The summed E-state index contributed by atoms with van der Waals surface area (Å²) in [5.41, 5.74) is 0.357. The molecule has 6 rings (SSSR count). The topological polar surface area (TPSA) is 125 Å². The van der Waals surface area contributed by atoms with Crippen LogP contribution in [0.5, 0.6) is 17.2 Å². The van der Waals surface area contributed by atoms with Gasteiger partial charge in [-0.05, 0) is 87.4 Å². The van der Waals surface area contributed by atoms with Gasteiger partial charge in [-0.3, -0.25) is 0 Å². The largest absolute Gasteiger partial charge is 0.479 e. The SMILES string of the molecule is CCOC(=O)C(C)Oc1cccc(C2(C)CCCC(C)(C)CS(=O)(=O)CCc3c(c(F)cc4[nH]ccc34)Oc3ccc(F)c(c3)-c3nc2nn3C)c1. The number of carbonyl (C=O) groups is 1. The van der Waals surface area contributed by atoms with Gasteiger partial charge in [0.15, 0.2) is 39.2 Å². The maximum absolute atomic E-state index is 15.7. The molecule has 2 atom stereocenters. The molecule has 3 heterocycles. The maximum Gasteiger partial charge on any atom is 0.347 e. The first-order valence-electron chi connectivity index (χ1n) is 17.4. The highest BCUT2D eigenvalue weighted by Crippen LogP contribution is 2.41. The molecular formula is C39H44F2N4O6S. The third kappa shape index (κ3) is 7.69. The summed E-state index contributed by atoms with van der Waals surface area (Å²) >= 11 is 0. The average molecular weight is 735 g/mol. The van der Waals surface area contributed by atoms with Crippen LogP contribution in [0.15, 0.2) is 60.8 Å². The zero-order valence-corrected chi connectivity index (χ0v) is 31.1. The standard InChI is InChI=1S/C39H44F2N4O6S/c1-7-49-36(46)24(2)50-26-11-8-10-25(20-26)39(5)17-9-16-38(3,4)23-52(47,48)19-15-29-28-14-18-42-33(28)22-32(41)34(29)51-27-12-13-31(40)30(21-27)35-43-37(39)44-45(35)6/h8,10-14,18,20-22,24,42H,7,9,15-17,19,23H2,1-6H3. The number of H-pyrrole nitrogens is 1. The van der Waals surface area contributed by atoms with Crippen LogP contribution in [-0.4, -0.2) is 58.4 Å². The number of nitrogens with zero attached hydrogens (tertiary/aromatic N) is 3. The predicted molar refractivity (Wildman–Crippen MR) is 194 cm³/mol. The van der Waals surface area contributed by atoms with Crippen LogP contribution >= 0.6 is 0 Å². The Labute approximate surface area is 302 Å². The molecule has 13 heteroatoms. The van der Waals surface area contributed by atoms with Crippen molar-refractivity contribution in [1.82, 2.24) is 19.7 Å². The number of esters is 1. The first-order valence-corrected chi connectivity index (χ1v) is 19.2. The number of aryl methyl sites for hydroxylation is 2. The zero-order chi connectivity index (χ0) is 37.4. The van der Waals surface area contributed by atoms with Gasteiger partial charge in [-0.15, -0.1) is 0 Å². The van der Waals surface area contributed by atoms with E-state index in [9.17, 15) is 13.2 Å². The lowest BCUT2D eigenvalue weighted by molar-refractivity contribution is -0.150. The first kappa shape index (κ1) is 37.0. The highest BCUT2D eigenvalue weighted by molar-refractivity contribution is 7.91. The molecule has 0 saturated carbocycles. The van der Waals surface area contributed by atoms with E-state index in [-0.39, 0.29) is 47.4 Å². The Morgan fingerprint density at radius 2 is 1.87 bits per heavy atom. The molecule has 5 aromatic rings. The second-order valence-corrected chi connectivity index (χ2v) is 16.6. The van der Waals surface area contributed by atoms with Gasteiger partial charge in [0.25, 0.3) is 0 Å². The fraction of sp³-hybridized carbons (Fsp3) is 0.410. The number of sulfone groups is 1. The monoisotopic (exact) mass is 734 g/mol. The summed E-state index contributed by atoms with van der Waals surface area (Å²) in [6.45, 7) is 9.42. The Bertz CT molecular complexity index is 2230. The molecule has 2 unspecified atom stereocenters. The summed E-state index contributed by atoms with van der Waals surface area (Å²) in [7, 11) is -1.93.